The quantitative estimate of drug-likeness (QED) is 0.655. The third-order valence-corrected chi connectivity index (χ3v) is 4.90. The van der Waals surface area contributed by atoms with Gasteiger partial charge >= 0.3 is 0 Å². The van der Waals surface area contributed by atoms with Crippen molar-refractivity contribution in [2.45, 2.75) is 0 Å². The fraction of sp³-hybridized carbons (Fsp3) is 0.222. The van der Waals surface area contributed by atoms with Crippen molar-refractivity contribution in [3.8, 4) is 0 Å². The number of nitrogens with one attached hydrogen (secondary N) is 2. The molecule has 1 atom stereocenters. The maximum Gasteiger partial charge on any atom is 0.178 e. The second-order valence-corrected chi connectivity index (χ2v) is 7.08. The number of aliphatic hydroxyl groups is 1. The van der Waals surface area contributed by atoms with Crippen LogP contribution in [0.25, 0.3) is 16.6 Å². The first-order valence-corrected chi connectivity index (χ1v) is 9.53. The minimum atomic E-state index is -1.04. The van der Waals surface area contributed by atoms with Crippen LogP contribution in [0.3, 0.4) is 0 Å². The lowest BCUT2D eigenvalue weighted by Gasteiger charge is -2.13. The van der Waals surface area contributed by atoms with E-state index in [1.807, 2.05) is 54.8 Å². The molecule has 0 amide bonds. The van der Waals surface area contributed by atoms with E-state index in [2.05, 4.69) is 20.6 Å². The Morgan fingerprint density at radius 3 is 2.88 bits per heavy atom. The smallest absolute Gasteiger partial charge is 0.178 e. The minimum absolute atomic E-state index is 0.0615. The van der Waals surface area contributed by atoms with Gasteiger partial charge < -0.3 is 20.3 Å². The Balaban J connectivity index is 1.86. The van der Waals surface area contributed by atoms with Gasteiger partial charge in [0.05, 0.1) is 24.4 Å². The first-order valence-electron chi connectivity index (χ1n) is 8.05. The number of aliphatic hydroxyl groups excluding tert-OH is 1. The third-order valence-electron chi connectivity index (χ3n) is 3.61. The lowest BCUT2D eigenvalue weighted by atomic mass is 10.2. The fourth-order valence-corrected chi connectivity index (χ4v) is 3.15. The number of nitrogens with zero attached hydrogens (tertiary/aromatic N) is 2. The van der Waals surface area contributed by atoms with Crippen LogP contribution >= 0.6 is 0 Å². The molecule has 0 bridgehead atoms. The van der Waals surface area contributed by atoms with Gasteiger partial charge in [0.1, 0.15) is 17.3 Å². The number of para-hydroxylation sites is 1. The molecule has 2 aromatic rings. The van der Waals surface area contributed by atoms with Crippen LogP contribution < -0.4 is 10.6 Å². The summed E-state index contributed by atoms with van der Waals surface area (Å²) in [5, 5.41) is 16.2. The molecular weight excluding hydrogens is 336 g/mol. The molecule has 1 aliphatic heterocycles. The van der Waals surface area contributed by atoms with Gasteiger partial charge in [-0.2, -0.15) is 0 Å². The Hall–Kier alpha value is -2.35. The molecule has 130 valence electrons. The molecule has 0 radical (unpaired) electrons. The summed E-state index contributed by atoms with van der Waals surface area (Å²) in [5.41, 5.74) is 1.65. The van der Waals surface area contributed by atoms with Gasteiger partial charge in [-0.15, -0.1) is 0 Å². The largest absolute Gasteiger partial charge is 0.616 e. The van der Waals surface area contributed by atoms with Gasteiger partial charge in [-0.1, -0.05) is 24.3 Å². The van der Waals surface area contributed by atoms with Gasteiger partial charge in [0.2, 0.25) is 0 Å². The topological polar surface area (TPSA) is 93.1 Å². The summed E-state index contributed by atoms with van der Waals surface area (Å²) in [6, 6.07) is 7.78. The number of allylic oxidation sites excluding steroid dienone is 4. The number of rotatable bonds is 7. The summed E-state index contributed by atoms with van der Waals surface area (Å²) in [5.74, 6) is 2.06. The Labute approximate surface area is 149 Å². The molecule has 0 saturated carbocycles. The summed E-state index contributed by atoms with van der Waals surface area (Å²) in [6.45, 7) is 0.452. The van der Waals surface area contributed by atoms with E-state index in [9.17, 15) is 4.55 Å². The van der Waals surface area contributed by atoms with Gasteiger partial charge in [0, 0.05) is 11.6 Å². The van der Waals surface area contributed by atoms with Crippen LogP contribution in [0.15, 0.2) is 54.8 Å². The van der Waals surface area contributed by atoms with Gasteiger partial charge in [-0.25, -0.2) is 9.97 Å². The van der Waals surface area contributed by atoms with E-state index < -0.39 is 11.2 Å². The molecule has 0 fully saturated rings. The van der Waals surface area contributed by atoms with E-state index in [1.54, 1.807) is 0 Å². The number of hydrogen-bond acceptors (Lipinski definition) is 6. The molecule has 0 saturated heterocycles. The molecule has 2 heterocycles. The van der Waals surface area contributed by atoms with Crippen molar-refractivity contribution in [3.05, 3.63) is 60.6 Å². The van der Waals surface area contributed by atoms with E-state index in [1.165, 1.54) is 0 Å². The number of aromatic nitrogens is 2. The molecule has 0 spiro atoms. The van der Waals surface area contributed by atoms with Gasteiger partial charge in [-0.3, -0.25) is 0 Å². The highest BCUT2D eigenvalue weighted by atomic mass is 32.2. The molecule has 3 rings (SSSR count). The molecule has 1 unspecified atom stereocenters. The van der Waals surface area contributed by atoms with Gasteiger partial charge in [0.15, 0.2) is 5.82 Å². The molecule has 6 nitrogen and oxygen atoms in total. The van der Waals surface area contributed by atoms with Crippen LogP contribution in [0.2, 0.25) is 0 Å². The SMILES string of the molecule is [O-][S+](CCO)CCNc1nc(C2=CC=CC=CN2)nc2ccccc12. The average Bonchev–Trinajstić information content (AvgIpc) is 2.91. The van der Waals surface area contributed by atoms with Gasteiger partial charge in [-0.05, 0) is 35.5 Å². The molecule has 0 aliphatic carbocycles. The van der Waals surface area contributed by atoms with Crippen molar-refractivity contribution in [3.63, 3.8) is 0 Å². The van der Waals surface area contributed by atoms with Gasteiger partial charge in [0.25, 0.3) is 0 Å². The van der Waals surface area contributed by atoms with Crippen molar-refractivity contribution in [1.29, 1.82) is 0 Å². The van der Waals surface area contributed by atoms with E-state index in [0.29, 0.717) is 29.7 Å². The van der Waals surface area contributed by atoms with E-state index in [4.69, 9.17) is 5.11 Å². The first kappa shape index (κ1) is 17.5. The fourth-order valence-electron chi connectivity index (χ4n) is 2.42. The molecule has 3 N–H and O–H groups in total. The second kappa shape index (κ2) is 8.66. The number of fused-ring (bicyclic) bond motifs is 1. The Morgan fingerprint density at radius 2 is 2.00 bits per heavy atom. The minimum Gasteiger partial charge on any atom is -0.616 e. The van der Waals surface area contributed by atoms with Crippen LogP contribution in [0.1, 0.15) is 5.82 Å². The van der Waals surface area contributed by atoms with Crippen molar-refractivity contribution in [2.75, 3.05) is 30.0 Å². The highest BCUT2D eigenvalue weighted by molar-refractivity contribution is 7.91. The lowest BCUT2D eigenvalue weighted by molar-refractivity contribution is 0.319. The molecule has 25 heavy (non-hydrogen) atoms. The van der Waals surface area contributed by atoms with E-state index in [-0.39, 0.29) is 6.61 Å². The van der Waals surface area contributed by atoms with Crippen LogP contribution in [0.5, 0.6) is 0 Å². The summed E-state index contributed by atoms with van der Waals surface area (Å²) < 4.78 is 11.7. The Bertz CT molecular complexity index is 820. The highest BCUT2D eigenvalue weighted by Gasteiger charge is 2.12. The summed E-state index contributed by atoms with van der Waals surface area (Å²) in [6.07, 6.45) is 9.51. The van der Waals surface area contributed by atoms with Crippen molar-refractivity contribution in [2.24, 2.45) is 0 Å². The summed E-state index contributed by atoms with van der Waals surface area (Å²) >= 11 is -1.04. The molecule has 1 aromatic heterocycles. The molecular formula is C18H20N4O2S. The zero-order valence-corrected chi connectivity index (χ0v) is 14.5. The molecule has 1 aliphatic rings. The standard InChI is InChI=1S/C18H20N4O2S/c23-11-13-25(24)12-10-20-17-14-6-3-4-7-15(14)21-18(22-17)16-8-2-1-5-9-19-16/h1-9,19,23H,10-13H2,(H,20,21,22). The maximum absolute atomic E-state index is 11.7. The zero-order chi connectivity index (χ0) is 17.5. The Morgan fingerprint density at radius 1 is 1.12 bits per heavy atom. The summed E-state index contributed by atoms with van der Waals surface area (Å²) in [7, 11) is 0. The number of anilines is 1. The van der Waals surface area contributed by atoms with Crippen molar-refractivity contribution >= 4 is 33.6 Å². The van der Waals surface area contributed by atoms with E-state index in [0.717, 1.165) is 16.6 Å². The monoisotopic (exact) mass is 356 g/mol. The highest BCUT2D eigenvalue weighted by Crippen LogP contribution is 2.22. The van der Waals surface area contributed by atoms with Crippen molar-refractivity contribution in [1.82, 2.24) is 15.3 Å². The van der Waals surface area contributed by atoms with Crippen LogP contribution in [-0.2, 0) is 11.2 Å². The predicted molar refractivity (Wildman–Crippen MR) is 102 cm³/mol. The number of hydrogen-bond donors (Lipinski definition) is 3. The molecule has 7 heteroatoms. The number of benzene rings is 1. The third kappa shape index (κ3) is 4.60. The average molecular weight is 356 g/mol. The van der Waals surface area contributed by atoms with Crippen LogP contribution in [0.4, 0.5) is 5.82 Å². The van der Waals surface area contributed by atoms with E-state index >= 15 is 0 Å². The zero-order valence-electron chi connectivity index (χ0n) is 13.7. The van der Waals surface area contributed by atoms with Crippen LogP contribution in [-0.4, -0.2) is 44.3 Å². The molecule has 1 aromatic carbocycles. The van der Waals surface area contributed by atoms with Crippen molar-refractivity contribution < 1.29 is 9.66 Å². The lowest BCUT2D eigenvalue weighted by Crippen LogP contribution is -2.21. The van der Waals surface area contributed by atoms with Crippen LogP contribution in [0, 0.1) is 0 Å². The maximum atomic E-state index is 11.7. The first-order chi connectivity index (χ1) is 12.3. The Kier molecular flexibility index (Phi) is 6.05. The normalized spacial score (nSPS) is 14.7. The summed E-state index contributed by atoms with van der Waals surface area (Å²) in [4.78, 5) is 9.27. The predicted octanol–water partition coefficient (Wildman–Crippen LogP) is 1.80. The second-order valence-electron chi connectivity index (χ2n) is 5.38.